The van der Waals surface area contributed by atoms with E-state index in [1.165, 1.54) is 21.1 Å². The van der Waals surface area contributed by atoms with Crippen molar-refractivity contribution >= 4 is 12.1 Å². The highest BCUT2D eigenvalue weighted by Gasteiger charge is 2.09. The van der Waals surface area contributed by atoms with E-state index in [1.807, 2.05) is 0 Å². The van der Waals surface area contributed by atoms with Crippen LogP contribution in [-0.2, 0) is 4.84 Å². The Morgan fingerprint density at radius 1 is 1.27 bits per heavy atom. The highest BCUT2D eigenvalue weighted by molar-refractivity contribution is 5.75. The Bertz CT molecular complexity index is 159. The third-order valence-electron chi connectivity index (χ3n) is 0.924. The van der Waals surface area contributed by atoms with Crippen molar-refractivity contribution in [2.45, 2.75) is 0 Å². The summed E-state index contributed by atoms with van der Waals surface area (Å²) < 4.78 is 0. The number of carbonyl (C=O) groups is 2. The summed E-state index contributed by atoms with van der Waals surface area (Å²) in [7, 11) is 4.17. The molecule has 0 aliphatic carbocycles. The summed E-state index contributed by atoms with van der Waals surface area (Å²) in [5.41, 5.74) is 0. The third kappa shape index (κ3) is 3.29. The van der Waals surface area contributed by atoms with Gasteiger partial charge in [0.2, 0.25) is 0 Å². The number of nitrogens with one attached hydrogen (secondary N) is 2. The molecule has 0 radical (unpaired) electrons. The van der Waals surface area contributed by atoms with E-state index in [2.05, 4.69) is 15.5 Å². The van der Waals surface area contributed by atoms with E-state index >= 15 is 0 Å². The predicted octanol–water partition coefficient (Wildman–Crippen LogP) is -0.471. The van der Waals surface area contributed by atoms with Gasteiger partial charge in [-0.3, -0.25) is 0 Å². The van der Waals surface area contributed by atoms with Gasteiger partial charge in [0.25, 0.3) is 0 Å². The predicted molar refractivity (Wildman–Crippen MR) is 37.8 cm³/mol. The number of hydroxylamine groups is 2. The number of nitrogens with zero attached hydrogens (tertiary/aromatic N) is 1. The monoisotopic (exact) mass is 161 g/mol. The summed E-state index contributed by atoms with van der Waals surface area (Å²) in [6.45, 7) is 0. The van der Waals surface area contributed by atoms with Gasteiger partial charge in [0.15, 0.2) is 0 Å². The van der Waals surface area contributed by atoms with Crippen molar-refractivity contribution in [1.82, 2.24) is 15.7 Å². The Morgan fingerprint density at radius 2 is 1.82 bits per heavy atom. The number of hydrogen-bond donors (Lipinski definition) is 2. The maximum atomic E-state index is 10.7. The van der Waals surface area contributed by atoms with E-state index in [1.54, 1.807) is 0 Å². The van der Waals surface area contributed by atoms with Gasteiger partial charge in [0.05, 0.1) is 7.05 Å². The quantitative estimate of drug-likeness (QED) is 0.472. The summed E-state index contributed by atoms with van der Waals surface area (Å²) in [6.07, 6.45) is -0.684. The zero-order chi connectivity index (χ0) is 8.85. The molecule has 6 nitrogen and oxygen atoms in total. The standard InChI is InChI=1S/C5H11N3O3/c1-6-4(9)8(3)11-5(10)7-2/h1-3H3,(H,6,9)(H,7,10). The molecule has 0 rings (SSSR count). The van der Waals surface area contributed by atoms with Crippen LogP contribution >= 0.6 is 0 Å². The van der Waals surface area contributed by atoms with Gasteiger partial charge < -0.3 is 15.5 Å². The Kier molecular flexibility index (Phi) is 3.79. The van der Waals surface area contributed by atoms with Crippen molar-refractivity contribution in [3.63, 3.8) is 0 Å². The van der Waals surface area contributed by atoms with Crippen LogP contribution in [0.3, 0.4) is 0 Å². The third-order valence-corrected chi connectivity index (χ3v) is 0.924. The largest absolute Gasteiger partial charge is 0.431 e. The van der Waals surface area contributed by atoms with Crippen molar-refractivity contribution in [3.8, 4) is 0 Å². The average molecular weight is 161 g/mol. The van der Waals surface area contributed by atoms with Crippen LogP contribution in [0.4, 0.5) is 9.59 Å². The highest BCUT2D eigenvalue weighted by atomic mass is 16.7. The second-order valence-electron chi connectivity index (χ2n) is 1.68. The van der Waals surface area contributed by atoms with Crippen LogP contribution in [0.2, 0.25) is 0 Å². The van der Waals surface area contributed by atoms with Gasteiger partial charge in [0, 0.05) is 14.1 Å². The molecule has 64 valence electrons. The average Bonchev–Trinajstić information content (AvgIpc) is 2.02. The second-order valence-corrected chi connectivity index (χ2v) is 1.68. The van der Waals surface area contributed by atoms with Gasteiger partial charge in [-0.15, -0.1) is 0 Å². The lowest BCUT2D eigenvalue weighted by atomic mass is 10.9. The van der Waals surface area contributed by atoms with E-state index in [-0.39, 0.29) is 0 Å². The Balaban J connectivity index is 3.77. The minimum atomic E-state index is -0.684. The van der Waals surface area contributed by atoms with Crippen molar-refractivity contribution in [2.75, 3.05) is 21.1 Å². The fourth-order valence-electron chi connectivity index (χ4n) is 0.369. The number of urea groups is 1. The smallest absolute Gasteiger partial charge is 0.339 e. The van der Waals surface area contributed by atoms with Crippen molar-refractivity contribution < 1.29 is 14.4 Å². The SMILES string of the molecule is CNC(=O)ON(C)C(=O)NC. The lowest BCUT2D eigenvalue weighted by Crippen LogP contribution is -2.38. The van der Waals surface area contributed by atoms with Gasteiger partial charge in [-0.2, -0.15) is 5.06 Å². The van der Waals surface area contributed by atoms with E-state index in [4.69, 9.17) is 0 Å². The molecule has 0 aliphatic heterocycles. The topological polar surface area (TPSA) is 70.7 Å². The summed E-state index contributed by atoms with van der Waals surface area (Å²) in [6, 6.07) is -0.492. The van der Waals surface area contributed by atoms with Crippen LogP contribution in [0.15, 0.2) is 0 Å². The molecule has 0 spiro atoms. The van der Waals surface area contributed by atoms with E-state index < -0.39 is 12.1 Å². The van der Waals surface area contributed by atoms with Crippen LogP contribution in [-0.4, -0.2) is 38.3 Å². The van der Waals surface area contributed by atoms with Gasteiger partial charge in [-0.05, 0) is 0 Å². The molecule has 0 aromatic carbocycles. The van der Waals surface area contributed by atoms with Gasteiger partial charge in [-0.25, -0.2) is 9.59 Å². The molecule has 0 heterocycles. The summed E-state index contributed by atoms with van der Waals surface area (Å²) >= 11 is 0. The highest BCUT2D eigenvalue weighted by Crippen LogP contribution is 1.85. The van der Waals surface area contributed by atoms with Crippen LogP contribution in [0.25, 0.3) is 0 Å². The molecule has 0 fully saturated rings. The molecule has 0 aromatic heterocycles. The van der Waals surface area contributed by atoms with Gasteiger partial charge in [0.1, 0.15) is 0 Å². The van der Waals surface area contributed by atoms with Gasteiger partial charge in [-0.1, -0.05) is 0 Å². The molecule has 0 saturated heterocycles. The number of carbonyl (C=O) groups excluding carboxylic acids is 2. The molecular formula is C5H11N3O3. The van der Waals surface area contributed by atoms with Crippen molar-refractivity contribution in [1.29, 1.82) is 0 Å². The van der Waals surface area contributed by atoms with E-state index in [0.29, 0.717) is 0 Å². The number of hydrogen-bond acceptors (Lipinski definition) is 3. The van der Waals surface area contributed by atoms with Crippen molar-refractivity contribution in [3.05, 3.63) is 0 Å². The van der Waals surface area contributed by atoms with Crippen LogP contribution in [0, 0.1) is 0 Å². The van der Waals surface area contributed by atoms with Crippen molar-refractivity contribution in [2.24, 2.45) is 0 Å². The fraction of sp³-hybridized carbons (Fsp3) is 0.600. The first-order chi connectivity index (χ1) is 5.11. The molecule has 6 heteroatoms. The second kappa shape index (κ2) is 4.37. The van der Waals surface area contributed by atoms with E-state index in [0.717, 1.165) is 5.06 Å². The number of rotatable bonds is 0. The first-order valence-corrected chi connectivity index (χ1v) is 2.97. The normalized spacial score (nSPS) is 8.27. The minimum Gasteiger partial charge on any atom is -0.339 e. The maximum absolute atomic E-state index is 10.7. The Labute approximate surface area is 64.4 Å². The maximum Gasteiger partial charge on any atom is 0.431 e. The molecule has 0 atom stereocenters. The molecule has 11 heavy (non-hydrogen) atoms. The van der Waals surface area contributed by atoms with Gasteiger partial charge >= 0.3 is 12.1 Å². The molecule has 0 unspecified atom stereocenters. The molecule has 2 N–H and O–H groups in total. The fourth-order valence-corrected chi connectivity index (χ4v) is 0.369. The van der Waals surface area contributed by atoms with Crippen LogP contribution in [0.1, 0.15) is 0 Å². The molecule has 0 aromatic rings. The number of amides is 3. The molecule has 0 bridgehead atoms. The van der Waals surface area contributed by atoms with Crippen LogP contribution in [0.5, 0.6) is 0 Å². The zero-order valence-electron chi connectivity index (χ0n) is 6.67. The zero-order valence-corrected chi connectivity index (χ0v) is 6.67. The lowest BCUT2D eigenvalue weighted by molar-refractivity contribution is -0.0362. The molecule has 0 saturated carbocycles. The Morgan fingerprint density at radius 3 is 2.18 bits per heavy atom. The van der Waals surface area contributed by atoms with E-state index in [9.17, 15) is 9.59 Å². The Hall–Kier alpha value is -1.46. The first-order valence-electron chi connectivity index (χ1n) is 2.97. The summed E-state index contributed by atoms with van der Waals surface area (Å²) in [5, 5.41) is 5.26. The lowest BCUT2D eigenvalue weighted by Gasteiger charge is -2.14. The van der Waals surface area contributed by atoms with Crippen LogP contribution < -0.4 is 10.6 Å². The molecule has 3 amide bonds. The molecular weight excluding hydrogens is 150 g/mol. The summed E-state index contributed by atoms with van der Waals surface area (Å²) in [5.74, 6) is 0. The summed E-state index contributed by atoms with van der Waals surface area (Å²) in [4.78, 5) is 25.6. The molecule has 0 aliphatic rings. The minimum absolute atomic E-state index is 0.492. The first kappa shape index (κ1) is 9.54.